The van der Waals surface area contributed by atoms with Gasteiger partial charge in [-0.3, -0.25) is 0 Å². The van der Waals surface area contributed by atoms with Gasteiger partial charge >= 0.3 is 8.80 Å². The van der Waals surface area contributed by atoms with Crippen molar-refractivity contribution in [1.29, 1.82) is 0 Å². The zero-order valence-electron chi connectivity index (χ0n) is 21.9. The van der Waals surface area contributed by atoms with Crippen molar-refractivity contribution < 1.29 is 13.3 Å². The van der Waals surface area contributed by atoms with Crippen molar-refractivity contribution in [1.82, 2.24) is 0 Å². The number of halogens is 1. The molecular weight excluding hydrogens is 424 g/mol. The average Bonchev–Trinajstić information content (AvgIpc) is 2.74. The maximum atomic E-state index is 6.66. The monoisotopic (exact) mass is 478 g/mol. The summed E-state index contributed by atoms with van der Waals surface area (Å²) in [5.74, 6) is 0. The van der Waals surface area contributed by atoms with Crippen molar-refractivity contribution in [3.63, 3.8) is 0 Å². The summed E-state index contributed by atoms with van der Waals surface area (Å²) in [5, 5.41) is -0.0406. The molecule has 31 heavy (non-hydrogen) atoms. The van der Waals surface area contributed by atoms with Crippen LogP contribution >= 0.6 is 11.6 Å². The fraction of sp³-hybridized carbons (Fsp3) is 1.00. The largest absolute Gasteiger partial charge is 0.506 e. The van der Waals surface area contributed by atoms with E-state index in [0.717, 1.165) is 12.8 Å². The van der Waals surface area contributed by atoms with Crippen molar-refractivity contribution in [2.45, 2.75) is 147 Å². The third kappa shape index (κ3) is 14.3. The highest BCUT2D eigenvalue weighted by Gasteiger charge is 2.54. The van der Waals surface area contributed by atoms with E-state index < -0.39 is 8.80 Å². The van der Waals surface area contributed by atoms with Crippen LogP contribution in [-0.4, -0.2) is 35.5 Å². The summed E-state index contributed by atoms with van der Waals surface area (Å²) < 4.78 is 17.0. The molecule has 1 atom stereocenters. The van der Waals surface area contributed by atoms with E-state index in [1.807, 2.05) is 0 Å². The van der Waals surface area contributed by atoms with Crippen LogP contribution in [0.3, 0.4) is 0 Å². The first kappa shape index (κ1) is 31.4. The first-order valence-electron chi connectivity index (χ1n) is 13.2. The SMILES string of the molecule is CCCCCCCCCCCCCCCCCCC(Cl)CC(C)(C)[Si](OC)(OC)OC. The minimum atomic E-state index is -2.68. The van der Waals surface area contributed by atoms with Gasteiger partial charge in [-0.15, -0.1) is 11.6 Å². The standard InChI is InChI=1S/C26H55ClO3Si/c1-7-8-9-10-11-12-13-14-15-16-17-18-19-20-21-22-23-25(27)24-26(2,3)31(28-4,29-5)30-6/h25H,7-24H2,1-6H3. The summed E-state index contributed by atoms with van der Waals surface area (Å²) in [6.45, 7) is 6.59. The summed E-state index contributed by atoms with van der Waals surface area (Å²) in [6.07, 6.45) is 24.3. The van der Waals surface area contributed by atoms with Gasteiger partial charge < -0.3 is 13.3 Å². The maximum Gasteiger partial charge on any atom is 0.506 e. The molecule has 0 fully saturated rings. The predicted octanol–water partition coefficient (Wildman–Crippen LogP) is 9.29. The average molecular weight is 479 g/mol. The van der Waals surface area contributed by atoms with Crippen LogP contribution in [-0.2, 0) is 13.3 Å². The van der Waals surface area contributed by atoms with Crippen LogP contribution in [0.25, 0.3) is 0 Å². The van der Waals surface area contributed by atoms with Gasteiger partial charge in [-0.05, 0) is 12.8 Å². The molecule has 3 nitrogen and oxygen atoms in total. The molecule has 0 aromatic carbocycles. The number of hydrogen-bond donors (Lipinski definition) is 0. The molecule has 0 bridgehead atoms. The Morgan fingerprint density at radius 1 is 0.613 bits per heavy atom. The van der Waals surface area contributed by atoms with Gasteiger partial charge in [0.15, 0.2) is 0 Å². The van der Waals surface area contributed by atoms with E-state index in [9.17, 15) is 0 Å². The molecule has 0 N–H and O–H groups in total. The third-order valence-corrected chi connectivity index (χ3v) is 10.6. The normalized spacial score (nSPS) is 13.6. The zero-order chi connectivity index (χ0) is 23.4. The highest BCUT2D eigenvalue weighted by molar-refractivity contribution is 6.64. The summed E-state index contributed by atoms with van der Waals surface area (Å²) in [7, 11) is 2.36. The molecule has 0 spiro atoms. The third-order valence-electron chi connectivity index (χ3n) is 6.74. The molecule has 1 unspecified atom stereocenters. The number of rotatable bonds is 23. The van der Waals surface area contributed by atoms with Crippen LogP contribution in [0.1, 0.15) is 136 Å². The van der Waals surface area contributed by atoms with Gasteiger partial charge in [0.2, 0.25) is 0 Å². The van der Waals surface area contributed by atoms with Gasteiger partial charge in [0.05, 0.1) is 0 Å². The Balaban J connectivity index is 3.58. The molecular formula is C26H55ClO3Si. The Bertz CT molecular complexity index is 381. The Morgan fingerprint density at radius 2 is 0.935 bits per heavy atom. The van der Waals surface area contributed by atoms with Gasteiger partial charge in [0.1, 0.15) is 0 Å². The second kappa shape index (κ2) is 19.8. The quantitative estimate of drug-likeness (QED) is 0.0831. The zero-order valence-corrected chi connectivity index (χ0v) is 23.7. The number of alkyl halides is 1. The van der Waals surface area contributed by atoms with Crippen molar-refractivity contribution in [2.24, 2.45) is 0 Å². The summed E-state index contributed by atoms with van der Waals surface area (Å²) in [4.78, 5) is 0. The van der Waals surface area contributed by atoms with Crippen molar-refractivity contribution in [2.75, 3.05) is 21.3 Å². The van der Waals surface area contributed by atoms with Crippen LogP contribution in [0, 0.1) is 0 Å². The smallest absolute Gasteiger partial charge is 0.377 e. The first-order valence-corrected chi connectivity index (χ1v) is 15.3. The highest BCUT2D eigenvalue weighted by atomic mass is 35.5. The lowest BCUT2D eigenvalue weighted by Crippen LogP contribution is -2.53. The van der Waals surface area contributed by atoms with Crippen LogP contribution in [0.2, 0.25) is 5.04 Å². The molecule has 0 aliphatic heterocycles. The van der Waals surface area contributed by atoms with Gasteiger partial charge in [0.25, 0.3) is 0 Å². The fourth-order valence-corrected chi connectivity index (χ4v) is 8.10. The Morgan fingerprint density at radius 3 is 1.26 bits per heavy atom. The lowest BCUT2D eigenvalue weighted by Gasteiger charge is -2.39. The Kier molecular flexibility index (Phi) is 20.1. The van der Waals surface area contributed by atoms with Crippen molar-refractivity contribution >= 4 is 20.4 Å². The second-order valence-electron chi connectivity index (χ2n) is 9.95. The van der Waals surface area contributed by atoms with E-state index in [4.69, 9.17) is 24.9 Å². The molecule has 0 aliphatic rings. The first-order chi connectivity index (χ1) is 14.9. The molecule has 0 aromatic heterocycles. The molecule has 188 valence electrons. The minimum Gasteiger partial charge on any atom is -0.377 e. The summed E-state index contributed by atoms with van der Waals surface area (Å²) >= 11 is 6.66. The molecule has 0 heterocycles. The van der Waals surface area contributed by atoms with E-state index in [-0.39, 0.29) is 10.4 Å². The fourth-order valence-electron chi connectivity index (χ4n) is 4.77. The molecule has 0 aliphatic carbocycles. The van der Waals surface area contributed by atoms with E-state index in [1.165, 1.54) is 103 Å². The summed E-state index contributed by atoms with van der Waals surface area (Å²) in [5.41, 5.74) is 0. The second-order valence-corrected chi connectivity index (χ2v) is 14.3. The van der Waals surface area contributed by atoms with E-state index in [2.05, 4.69) is 20.8 Å². The van der Waals surface area contributed by atoms with Gasteiger partial charge in [-0.2, -0.15) is 0 Å². The lowest BCUT2D eigenvalue weighted by atomic mass is 10.0. The van der Waals surface area contributed by atoms with Crippen molar-refractivity contribution in [3.8, 4) is 0 Å². The highest BCUT2D eigenvalue weighted by Crippen LogP contribution is 2.44. The van der Waals surface area contributed by atoms with Gasteiger partial charge in [0, 0.05) is 31.7 Å². The van der Waals surface area contributed by atoms with Crippen LogP contribution < -0.4 is 0 Å². The number of unbranched alkanes of at least 4 members (excludes halogenated alkanes) is 15. The van der Waals surface area contributed by atoms with Crippen LogP contribution in [0.15, 0.2) is 0 Å². The van der Waals surface area contributed by atoms with Crippen LogP contribution in [0.5, 0.6) is 0 Å². The Hall–Kier alpha value is 0.387. The molecule has 0 aromatic rings. The molecule has 0 rings (SSSR count). The lowest BCUT2D eigenvalue weighted by molar-refractivity contribution is 0.0928. The minimum absolute atomic E-state index is 0.147. The van der Waals surface area contributed by atoms with E-state index in [1.54, 1.807) is 21.3 Å². The predicted molar refractivity (Wildman–Crippen MR) is 139 cm³/mol. The molecule has 5 heteroatoms. The van der Waals surface area contributed by atoms with E-state index >= 15 is 0 Å². The van der Waals surface area contributed by atoms with E-state index in [0.29, 0.717) is 0 Å². The summed E-state index contributed by atoms with van der Waals surface area (Å²) in [6, 6.07) is 0. The topological polar surface area (TPSA) is 27.7 Å². The maximum absolute atomic E-state index is 6.66. The molecule has 0 radical (unpaired) electrons. The molecule has 0 amide bonds. The van der Waals surface area contributed by atoms with Crippen LogP contribution in [0.4, 0.5) is 0 Å². The van der Waals surface area contributed by atoms with Gasteiger partial charge in [-0.1, -0.05) is 124 Å². The van der Waals surface area contributed by atoms with Crippen molar-refractivity contribution in [3.05, 3.63) is 0 Å². The Labute approximate surface area is 201 Å². The molecule has 0 saturated carbocycles. The number of hydrogen-bond acceptors (Lipinski definition) is 3. The van der Waals surface area contributed by atoms with Gasteiger partial charge in [-0.25, -0.2) is 0 Å². The molecule has 0 saturated heterocycles.